The molecule has 0 bridgehead atoms. The summed E-state index contributed by atoms with van der Waals surface area (Å²) in [5.41, 5.74) is 8.53. The van der Waals surface area contributed by atoms with Gasteiger partial charge in [0.15, 0.2) is 5.13 Å². The van der Waals surface area contributed by atoms with Crippen molar-refractivity contribution in [3.05, 3.63) is 36.5 Å². The van der Waals surface area contributed by atoms with E-state index in [2.05, 4.69) is 15.3 Å². The van der Waals surface area contributed by atoms with E-state index >= 15 is 0 Å². The molecule has 3 N–H and O–H groups in total. The highest BCUT2D eigenvalue weighted by Gasteiger charge is 2.25. The first-order valence-electron chi connectivity index (χ1n) is 8.36. The Kier molecular flexibility index (Phi) is 4.44. The molecule has 2 aromatic heterocycles. The average Bonchev–Trinajstić information content (AvgIpc) is 3.27. The highest BCUT2D eigenvalue weighted by atomic mass is 32.1. The number of nitrogens with one attached hydrogen (secondary N) is 1. The summed E-state index contributed by atoms with van der Waals surface area (Å²) in [5, 5.41) is 3.40. The first-order valence-corrected chi connectivity index (χ1v) is 9.18. The second kappa shape index (κ2) is 6.89. The van der Waals surface area contributed by atoms with Gasteiger partial charge in [-0.1, -0.05) is 41.7 Å². The lowest BCUT2D eigenvalue weighted by atomic mass is 10.1. The van der Waals surface area contributed by atoms with Crippen LogP contribution >= 0.6 is 11.3 Å². The van der Waals surface area contributed by atoms with Crippen molar-refractivity contribution in [1.29, 1.82) is 0 Å². The molecule has 1 aromatic carbocycles. The van der Waals surface area contributed by atoms with Gasteiger partial charge in [0.05, 0.1) is 11.8 Å². The van der Waals surface area contributed by atoms with E-state index in [1.807, 2.05) is 30.3 Å². The zero-order valence-electron chi connectivity index (χ0n) is 14.3. The molecule has 0 radical (unpaired) electrons. The van der Waals surface area contributed by atoms with Gasteiger partial charge >= 0.3 is 6.03 Å². The van der Waals surface area contributed by atoms with Crippen LogP contribution in [0.5, 0.6) is 5.88 Å². The van der Waals surface area contributed by atoms with E-state index in [1.165, 1.54) is 11.3 Å². The van der Waals surface area contributed by atoms with Gasteiger partial charge in [0.1, 0.15) is 5.52 Å². The number of thiazole rings is 1. The summed E-state index contributed by atoms with van der Waals surface area (Å²) in [6, 6.07) is 9.84. The van der Waals surface area contributed by atoms with E-state index in [4.69, 9.17) is 10.5 Å². The van der Waals surface area contributed by atoms with Gasteiger partial charge in [-0.25, -0.2) is 14.8 Å². The highest BCUT2D eigenvalue weighted by Crippen LogP contribution is 2.38. The Hall–Kier alpha value is -2.71. The summed E-state index contributed by atoms with van der Waals surface area (Å²) >= 11 is 1.42. The average molecular weight is 369 g/mol. The summed E-state index contributed by atoms with van der Waals surface area (Å²) in [6.07, 6.45) is 2.60. The number of rotatable bonds is 3. The number of hydrogen-bond acceptors (Lipinski definition) is 6. The number of aromatic nitrogens is 2. The molecule has 1 unspecified atom stereocenters. The van der Waals surface area contributed by atoms with Gasteiger partial charge in [-0.05, 0) is 12.0 Å². The van der Waals surface area contributed by atoms with Crippen LogP contribution < -0.4 is 15.8 Å². The number of ether oxygens (including phenoxy) is 1. The number of nitrogens with two attached hydrogens (primary N) is 1. The second-order valence-corrected chi connectivity index (χ2v) is 7.17. The minimum atomic E-state index is -0.176. The zero-order valence-corrected chi connectivity index (χ0v) is 15.1. The topological polar surface area (TPSA) is 93.4 Å². The first-order chi connectivity index (χ1) is 12.7. The summed E-state index contributed by atoms with van der Waals surface area (Å²) in [4.78, 5) is 23.0. The number of fused-ring (bicyclic) bond motifs is 1. The fourth-order valence-electron chi connectivity index (χ4n) is 3.06. The molecule has 8 heteroatoms. The predicted molar refractivity (Wildman–Crippen MR) is 103 cm³/mol. The summed E-state index contributed by atoms with van der Waals surface area (Å²) in [7, 11) is 1.56. The van der Waals surface area contributed by atoms with Crippen molar-refractivity contribution in [2.75, 3.05) is 25.5 Å². The van der Waals surface area contributed by atoms with Crippen molar-refractivity contribution >= 4 is 32.7 Å². The molecule has 1 atom stereocenters. The number of nitrogens with zero attached hydrogens (tertiary/aromatic N) is 3. The molecule has 134 valence electrons. The molecule has 1 aliphatic heterocycles. The first kappa shape index (κ1) is 16.7. The molecule has 7 nitrogen and oxygen atoms in total. The van der Waals surface area contributed by atoms with E-state index < -0.39 is 0 Å². The van der Waals surface area contributed by atoms with Crippen molar-refractivity contribution in [2.45, 2.75) is 12.5 Å². The normalized spacial score (nSPS) is 16.8. The summed E-state index contributed by atoms with van der Waals surface area (Å²) in [5.74, 6) is 0.444. The highest BCUT2D eigenvalue weighted by molar-refractivity contribution is 7.23. The molecule has 2 amide bonds. The molecule has 3 heterocycles. The molecule has 1 aliphatic rings. The van der Waals surface area contributed by atoms with Crippen LogP contribution in [0.3, 0.4) is 0 Å². The van der Waals surface area contributed by atoms with Crippen LogP contribution in [0.4, 0.5) is 9.93 Å². The molecular formula is C18H19N5O2S. The number of hydrogen-bond donors (Lipinski definition) is 2. The number of anilines is 1. The minimum absolute atomic E-state index is 0.0464. The number of pyridine rings is 1. The SMILES string of the molecule is COc1ncc(-c2ccccc2)c2sc(NC(=O)N3CCC(N)C3)nc12. The van der Waals surface area contributed by atoms with E-state index in [-0.39, 0.29) is 12.1 Å². The maximum Gasteiger partial charge on any atom is 0.323 e. The van der Waals surface area contributed by atoms with Gasteiger partial charge in [-0.3, -0.25) is 5.32 Å². The van der Waals surface area contributed by atoms with Crippen LogP contribution in [0.25, 0.3) is 21.3 Å². The van der Waals surface area contributed by atoms with Crippen LogP contribution in [0.15, 0.2) is 36.5 Å². The van der Waals surface area contributed by atoms with Crippen LogP contribution in [0.2, 0.25) is 0 Å². The lowest BCUT2D eigenvalue weighted by molar-refractivity contribution is 0.222. The maximum atomic E-state index is 12.4. The lowest BCUT2D eigenvalue weighted by Gasteiger charge is -2.15. The van der Waals surface area contributed by atoms with Gasteiger partial charge < -0.3 is 15.4 Å². The molecular weight excluding hydrogens is 350 g/mol. The Morgan fingerprint density at radius 3 is 2.88 bits per heavy atom. The van der Waals surface area contributed by atoms with E-state index in [1.54, 1.807) is 18.2 Å². The number of methoxy groups -OCH3 is 1. The minimum Gasteiger partial charge on any atom is -0.479 e. The second-order valence-electron chi connectivity index (χ2n) is 6.17. The molecule has 26 heavy (non-hydrogen) atoms. The Morgan fingerprint density at radius 2 is 2.19 bits per heavy atom. The number of carbonyl (C=O) groups excluding carboxylic acids is 1. The van der Waals surface area contributed by atoms with Crippen LogP contribution in [0, 0.1) is 0 Å². The van der Waals surface area contributed by atoms with Gasteiger partial charge in [0.2, 0.25) is 5.88 Å². The molecule has 0 saturated carbocycles. The van der Waals surface area contributed by atoms with E-state index in [9.17, 15) is 4.79 Å². The third kappa shape index (κ3) is 3.09. The van der Waals surface area contributed by atoms with E-state index in [0.29, 0.717) is 29.6 Å². The molecule has 0 spiro atoms. The zero-order chi connectivity index (χ0) is 18.1. The van der Waals surface area contributed by atoms with Gasteiger partial charge in [-0.2, -0.15) is 0 Å². The molecule has 1 saturated heterocycles. The molecule has 3 aromatic rings. The van der Waals surface area contributed by atoms with Gasteiger partial charge in [0.25, 0.3) is 0 Å². The van der Waals surface area contributed by atoms with Crippen LogP contribution in [-0.4, -0.2) is 47.1 Å². The number of carbonyl (C=O) groups is 1. The van der Waals surface area contributed by atoms with Crippen molar-refractivity contribution in [1.82, 2.24) is 14.9 Å². The lowest BCUT2D eigenvalue weighted by Crippen LogP contribution is -2.35. The van der Waals surface area contributed by atoms with Crippen molar-refractivity contribution in [3.8, 4) is 17.0 Å². The third-order valence-corrected chi connectivity index (χ3v) is 5.39. The quantitative estimate of drug-likeness (QED) is 0.740. The predicted octanol–water partition coefficient (Wildman–Crippen LogP) is 2.93. The Labute approximate surface area is 154 Å². The number of urea groups is 1. The largest absolute Gasteiger partial charge is 0.479 e. The Balaban J connectivity index is 1.70. The number of likely N-dealkylation sites (tertiary alicyclic amines) is 1. The van der Waals surface area contributed by atoms with Crippen molar-refractivity contribution < 1.29 is 9.53 Å². The maximum absolute atomic E-state index is 12.4. The third-order valence-electron chi connectivity index (χ3n) is 4.39. The van der Waals surface area contributed by atoms with Crippen LogP contribution in [-0.2, 0) is 0 Å². The van der Waals surface area contributed by atoms with Gasteiger partial charge in [0, 0.05) is 30.9 Å². The summed E-state index contributed by atoms with van der Waals surface area (Å²) in [6.45, 7) is 1.23. The number of amides is 2. The fourth-order valence-corrected chi connectivity index (χ4v) is 4.04. The smallest absolute Gasteiger partial charge is 0.323 e. The molecule has 1 fully saturated rings. The monoisotopic (exact) mass is 369 g/mol. The van der Waals surface area contributed by atoms with Gasteiger partial charge in [-0.15, -0.1) is 0 Å². The standard InChI is InChI=1S/C18H19N5O2S/c1-25-16-14-15(13(9-20-16)11-5-3-2-4-6-11)26-17(21-14)22-18(24)23-8-7-12(19)10-23/h2-6,9,12H,7-8,10,19H2,1H3,(H,21,22,24). The molecule has 0 aliphatic carbocycles. The fraction of sp³-hybridized carbons (Fsp3) is 0.278. The van der Waals surface area contributed by atoms with Crippen molar-refractivity contribution in [3.63, 3.8) is 0 Å². The molecule has 4 rings (SSSR count). The van der Waals surface area contributed by atoms with Crippen LogP contribution in [0.1, 0.15) is 6.42 Å². The van der Waals surface area contributed by atoms with Crippen molar-refractivity contribution in [2.24, 2.45) is 5.73 Å². The summed E-state index contributed by atoms with van der Waals surface area (Å²) < 4.78 is 6.27. The van der Waals surface area contributed by atoms with E-state index in [0.717, 1.165) is 22.2 Å². The Bertz CT molecular complexity index is 943. The Morgan fingerprint density at radius 1 is 1.38 bits per heavy atom. The number of benzene rings is 1.